The highest BCUT2D eigenvalue weighted by molar-refractivity contribution is 5.83. The minimum absolute atomic E-state index is 0.110. The van der Waals surface area contributed by atoms with E-state index in [9.17, 15) is 13.6 Å². The summed E-state index contributed by atoms with van der Waals surface area (Å²) in [5.41, 5.74) is 0.658. The van der Waals surface area contributed by atoms with Gasteiger partial charge in [0.15, 0.2) is 11.6 Å². The van der Waals surface area contributed by atoms with Crippen LogP contribution in [0.15, 0.2) is 48.5 Å². The number of amides is 1. The van der Waals surface area contributed by atoms with Crippen molar-refractivity contribution in [1.29, 1.82) is 0 Å². The second-order valence-electron chi connectivity index (χ2n) is 5.27. The molecule has 3 nitrogen and oxygen atoms in total. The number of halogens is 2. The average Bonchev–Trinajstić information content (AvgIpc) is 3.33. The van der Waals surface area contributed by atoms with Crippen LogP contribution in [-0.2, 0) is 4.79 Å². The molecular weight excluding hydrogens is 288 g/mol. The van der Waals surface area contributed by atoms with Gasteiger partial charge >= 0.3 is 0 Å². The summed E-state index contributed by atoms with van der Waals surface area (Å²) in [6.07, 6.45) is 1.02. The van der Waals surface area contributed by atoms with Crippen molar-refractivity contribution in [1.82, 2.24) is 5.32 Å². The van der Waals surface area contributed by atoms with Gasteiger partial charge < -0.3 is 10.1 Å². The third-order valence-electron chi connectivity index (χ3n) is 3.41. The van der Waals surface area contributed by atoms with Crippen LogP contribution in [0.25, 0.3) is 0 Å². The molecule has 2 aromatic carbocycles. The molecule has 3 rings (SSSR count). The van der Waals surface area contributed by atoms with Gasteiger partial charge in [-0.1, -0.05) is 30.3 Å². The zero-order chi connectivity index (χ0) is 15.5. The summed E-state index contributed by atoms with van der Waals surface area (Å²) in [6.45, 7) is 0. The molecule has 0 aromatic heterocycles. The number of benzene rings is 2. The van der Waals surface area contributed by atoms with Gasteiger partial charge in [-0.25, -0.2) is 8.78 Å². The van der Waals surface area contributed by atoms with E-state index in [1.54, 1.807) is 24.3 Å². The minimum Gasteiger partial charge on any atom is -0.476 e. The molecule has 1 saturated carbocycles. The van der Waals surface area contributed by atoms with Crippen molar-refractivity contribution in [2.45, 2.75) is 25.0 Å². The summed E-state index contributed by atoms with van der Waals surface area (Å²) in [4.78, 5) is 12.3. The third kappa shape index (κ3) is 3.42. The largest absolute Gasteiger partial charge is 0.476 e. The summed E-state index contributed by atoms with van der Waals surface area (Å²) < 4.78 is 31.9. The molecule has 0 bridgehead atoms. The predicted molar refractivity (Wildman–Crippen MR) is 77.3 cm³/mol. The molecular formula is C17H15F2NO2. The quantitative estimate of drug-likeness (QED) is 0.920. The van der Waals surface area contributed by atoms with Gasteiger partial charge in [0.2, 0.25) is 6.10 Å². The van der Waals surface area contributed by atoms with Gasteiger partial charge in [-0.15, -0.1) is 0 Å². The van der Waals surface area contributed by atoms with Gasteiger partial charge in [0.05, 0.1) is 0 Å². The lowest BCUT2D eigenvalue weighted by Gasteiger charge is -2.19. The summed E-state index contributed by atoms with van der Waals surface area (Å²) >= 11 is 0. The molecule has 0 saturated heterocycles. The van der Waals surface area contributed by atoms with Crippen LogP contribution in [0.4, 0.5) is 8.78 Å². The first-order chi connectivity index (χ1) is 10.6. The van der Waals surface area contributed by atoms with Crippen LogP contribution in [0.2, 0.25) is 0 Å². The first-order valence-electron chi connectivity index (χ1n) is 7.10. The number of nitrogens with one attached hydrogen (secondary N) is 1. The molecule has 0 aliphatic heterocycles. The zero-order valence-electron chi connectivity index (χ0n) is 11.8. The lowest BCUT2D eigenvalue weighted by molar-refractivity contribution is -0.128. The van der Waals surface area contributed by atoms with Crippen LogP contribution in [0.1, 0.15) is 24.5 Å². The first kappa shape index (κ1) is 14.5. The molecule has 1 atom stereocenters. The van der Waals surface area contributed by atoms with Crippen LogP contribution < -0.4 is 10.1 Å². The van der Waals surface area contributed by atoms with E-state index in [1.807, 2.05) is 6.07 Å². The molecule has 114 valence electrons. The smallest absolute Gasteiger partial charge is 0.266 e. The molecule has 2 aromatic rings. The Balaban J connectivity index is 1.83. The normalized spacial score (nSPS) is 15.2. The Bertz CT molecular complexity index is 672. The molecule has 1 aliphatic carbocycles. The first-order valence-corrected chi connectivity index (χ1v) is 7.10. The molecule has 0 spiro atoms. The number of carbonyl (C=O) groups excluding carboxylic acids is 1. The number of hydrogen-bond acceptors (Lipinski definition) is 2. The summed E-state index contributed by atoms with van der Waals surface area (Å²) in [5, 5.41) is 2.87. The fourth-order valence-electron chi connectivity index (χ4n) is 2.09. The summed E-state index contributed by atoms with van der Waals surface area (Å²) in [6, 6.07) is 12.3. The molecule has 1 N–H and O–H groups in total. The Morgan fingerprint density at radius 3 is 2.45 bits per heavy atom. The second-order valence-corrected chi connectivity index (χ2v) is 5.27. The Hall–Kier alpha value is -2.43. The molecule has 1 aliphatic rings. The summed E-state index contributed by atoms with van der Waals surface area (Å²) in [5.74, 6) is -2.13. The number of rotatable bonds is 5. The van der Waals surface area contributed by atoms with E-state index in [-0.39, 0.29) is 17.7 Å². The number of carbonyl (C=O) groups is 1. The molecule has 0 heterocycles. The fraction of sp³-hybridized carbons (Fsp3) is 0.235. The van der Waals surface area contributed by atoms with E-state index in [0.29, 0.717) is 5.56 Å². The maximum Gasteiger partial charge on any atom is 0.266 e. The van der Waals surface area contributed by atoms with Crippen molar-refractivity contribution in [3.63, 3.8) is 0 Å². The van der Waals surface area contributed by atoms with Gasteiger partial charge in [0.1, 0.15) is 5.75 Å². The van der Waals surface area contributed by atoms with Gasteiger partial charge in [-0.05, 0) is 25.0 Å². The van der Waals surface area contributed by atoms with Gasteiger partial charge in [0.25, 0.3) is 5.91 Å². The number of hydrogen-bond donors (Lipinski definition) is 1. The maximum absolute atomic E-state index is 13.3. The standard InChI is InChI=1S/C17H15F2NO2/c18-14-9-8-13(10-15(14)19)22-16(11-4-2-1-3-5-11)17(21)20-12-6-7-12/h1-5,8-10,12,16H,6-7H2,(H,20,21). The van der Waals surface area contributed by atoms with E-state index in [1.165, 1.54) is 6.07 Å². The topological polar surface area (TPSA) is 38.3 Å². The molecule has 1 fully saturated rings. The van der Waals surface area contributed by atoms with Crippen molar-refractivity contribution in [3.05, 3.63) is 65.7 Å². The SMILES string of the molecule is O=C(NC1CC1)C(Oc1ccc(F)c(F)c1)c1ccccc1. The number of ether oxygens (including phenoxy) is 1. The Morgan fingerprint density at radius 2 is 1.82 bits per heavy atom. The highest BCUT2D eigenvalue weighted by Crippen LogP contribution is 2.26. The van der Waals surface area contributed by atoms with Crippen molar-refractivity contribution in [3.8, 4) is 5.75 Å². The van der Waals surface area contributed by atoms with Crippen LogP contribution >= 0.6 is 0 Å². The van der Waals surface area contributed by atoms with Crippen LogP contribution in [0.5, 0.6) is 5.75 Å². The molecule has 1 amide bonds. The highest BCUT2D eigenvalue weighted by atomic mass is 19.2. The zero-order valence-corrected chi connectivity index (χ0v) is 11.8. The van der Waals surface area contributed by atoms with E-state index < -0.39 is 17.7 Å². The molecule has 0 radical (unpaired) electrons. The van der Waals surface area contributed by atoms with Crippen LogP contribution in [-0.4, -0.2) is 11.9 Å². The Labute approximate surface area is 126 Å². The summed E-state index contributed by atoms with van der Waals surface area (Å²) in [7, 11) is 0. The fourth-order valence-corrected chi connectivity index (χ4v) is 2.09. The molecule has 5 heteroatoms. The monoisotopic (exact) mass is 303 g/mol. The Kier molecular flexibility index (Phi) is 4.04. The van der Waals surface area contributed by atoms with E-state index in [2.05, 4.69) is 5.32 Å². The van der Waals surface area contributed by atoms with Gasteiger partial charge in [0, 0.05) is 17.7 Å². The van der Waals surface area contributed by atoms with E-state index in [0.717, 1.165) is 25.0 Å². The van der Waals surface area contributed by atoms with Gasteiger partial charge in [-0.2, -0.15) is 0 Å². The van der Waals surface area contributed by atoms with Crippen molar-refractivity contribution >= 4 is 5.91 Å². The van der Waals surface area contributed by atoms with Crippen molar-refractivity contribution < 1.29 is 18.3 Å². The highest BCUT2D eigenvalue weighted by Gasteiger charge is 2.29. The van der Waals surface area contributed by atoms with Gasteiger partial charge in [-0.3, -0.25) is 4.79 Å². The molecule has 22 heavy (non-hydrogen) atoms. The average molecular weight is 303 g/mol. The van der Waals surface area contributed by atoms with E-state index in [4.69, 9.17) is 4.74 Å². The Morgan fingerprint density at radius 1 is 1.09 bits per heavy atom. The van der Waals surface area contributed by atoms with Crippen molar-refractivity contribution in [2.24, 2.45) is 0 Å². The maximum atomic E-state index is 13.3. The lowest BCUT2D eigenvalue weighted by atomic mass is 10.1. The minimum atomic E-state index is -1.01. The van der Waals surface area contributed by atoms with Crippen LogP contribution in [0.3, 0.4) is 0 Å². The van der Waals surface area contributed by atoms with E-state index >= 15 is 0 Å². The van der Waals surface area contributed by atoms with Crippen LogP contribution in [0, 0.1) is 11.6 Å². The third-order valence-corrected chi connectivity index (χ3v) is 3.41. The predicted octanol–water partition coefficient (Wildman–Crippen LogP) is 3.36. The lowest BCUT2D eigenvalue weighted by Crippen LogP contribution is -2.33. The molecule has 1 unspecified atom stereocenters. The second kappa shape index (κ2) is 6.13. The van der Waals surface area contributed by atoms with Crippen molar-refractivity contribution in [2.75, 3.05) is 0 Å².